The van der Waals surface area contributed by atoms with Crippen molar-refractivity contribution in [1.29, 1.82) is 0 Å². The van der Waals surface area contributed by atoms with Gasteiger partial charge in [0, 0.05) is 2.74 Å². The van der Waals surface area contributed by atoms with Crippen molar-refractivity contribution in [3.8, 4) is 0 Å². The van der Waals surface area contributed by atoms with Gasteiger partial charge in [0.2, 0.25) is 0 Å². The molecule has 0 aliphatic carbocycles. The second kappa shape index (κ2) is 1.52. The predicted molar refractivity (Wildman–Crippen MR) is 27.1 cm³/mol. The smallest absolute Gasteiger partial charge is 0.308 e. The molecule has 0 radical (unpaired) electrons. The van der Waals surface area contributed by atoms with Gasteiger partial charge >= 0.3 is 5.97 Å². The molecule has 0 aromatic heterocycles. The van der Waals surface area contributed by atoms with Gasteiger partial charge in [-0.1, -0.05) is 0 Å². The molecule has 0 atom stereocenters. The quantitative estimate of drug-likeness (QED) is 0.500. The summed E-state index contributed by atoms with van der Waals surface area (Å²) in [4.78, 5) is 10.2. The average molecular weight is 104 g/mol. The standard InChI is InChI=1S/C5H10O2/c1-5(2,3)4(6)7/h1-3H3,(H,6,7)/i1D2. The van der Waals surface area contributed by atoms with Crippen LogP contribution in [0.3, 0.4) is 0 Å². The Morgan fingerprint density at radius 2 is 2.29 bits per heavy atom. The molecule has 0 saturated heterocycles. The molecule has 0 aromatic carbocycles. The maximum atomic E-state index is 10.2. The van der Waals surface area contributed by atoms with Crippen LogP contribution in [-0.4, -0.2) is 11.1 Å². The maximum absolute atomic E-state index is 10.2. The van der Waals surface area contributed by atoms with Gasteiger partial charge in [-0.25, -0.2) is 0 Å². The van der Waals surface area contributed by atoms with E-state index in [1.54, 1.807) is 0 Å². The molecule has 0 aliphatic heterocycles. The van der Waals surface area contributed by atoms with E-state index in [2.05, 4.69) is 0 Å². The van der Waals surface area contributed by atoms with Crippen LogP contribution < -0.4 is 0 Å². The van der Waals surface area contributed by atoms with Crippen LogP contribution in [0.2, 0.25) is 0 Å². The Balaban J connectivity index is 4.19. The normalized spacial score (nSPS) is 15.9. The van der Waals surface area contributed by atoms with Crippen LogP contribution in [0.25, 0.3) is 0 Å². The van der Waals surface area contributed by atoms with Crippen molar-refractivity contribution in [3.63, 3.8) is 0 Å². The lowest BCUT2D eigenvalue weighted by molar-refractivity contribution is -0.145. The molecule has 0 heterocycles. The lowest BCUT2D eigenvalue weighted by Crippen LogP contribution is -2.18. The zero-order valence-electron chi connectivity index (χ0n) is 6.43. The molecule has 0 fully saturated rings. The highest BCUT2D eigenvalue weighted by Gasteiger charge is 2.18. The van der Waals surface area contributed by atoms with Gasteiger partial charge in [-0.05, 0) is 20.7 Å². The summed E-state index contributed by atoms with van der Waals surface area (Å²) >= 11 is 0. The van der Waals surface area contributed by atoms with Gasteiger partial charge in [0.1, 0.15) is 0 Å². The Labute approximate surface area is 46.0 Å². The van der Waals surface area contributed by atoms with E-state index in [1.807, 2.05) is 0 Å². The predicted octanol–water partition coefficient (Wildman–Crippen LogP) is 1.12. The molecular weight excluding hydrogens is 92.1 g/mol. The highest BCUT2D eigenvalue weighted by atomic mass is 16.4. The highest BCUT2D eigenvalue weighted by molar-refractivity contribution is 5.72. The summed E-state index contributed by atoms with van der Waals surface area (Å²) in [5.74, 6) is -1.10. The minimum atomic E-state index is -1.31. The fourth-order valence-corrected chi connectivity index (χ4v) is 0. The first-order valence-electron chi connectivity index (χ1n) is 3.12. The number of hydrogen-bond donors (Lipinski definition) is 1. The Kier molecular flexibility index (Phi) is 0.755. The molecule has 2 nitrogen and oxygen atoms in total. The monoisotopic (exact) mass is 104 g/mol. The molecular formula is C5H10O2. The molecule has 0 bridgehead atoms. The van der Waals surface area contributed by atoms with E-state index in [-0.39, 0.29) is 0 Å². The van der Waals surface area contributed by atoms with Crippen molar-refractivity contribution < 1.29 is 12.6 Å². The Morgan fingerprint density at radius 3 is 2.29 bits per heavy atom. The number of carboxylic acids is 1. The van der Waals surface area contributed by atoms with Crippen molar-refractivity contribution in [3.05, 3.63) is 0 Å². The third-order valence-electron chi connectivity index (χ3n) is 0.551. The fourth-order valence-electron chi connectivity index (χ4n) is 0. The third kappa shape index (κ3) is 2.20. The number of aliphatic carboxylic acids is 1. The zero-order valence-corrected chi connectivity index (χ0v) is 4.43. The summed E-state index contributed by atoms with van der Waals surface area (Å²) in [6, 6.07) is 0. The topological polar surface area (TPSA) is 37.3 Å². The zero-order chi connectivity index (χ0) is 7.65. The molecule has 0 aromatic rings. The first kappa shape index (κ1) is 3.47. The van der Waals surface area contributed by atoms with Crippen molar-refractivity contribution in [2.75, 3.05) is 0 Å². The summed E-state index contributed by atoms with van der Waals surface area (Å²) in [7, 11) is 0. The molecule has 0 amide bonds. The number of carbonyl (C=O) groups is 1. The lowest BCUT2D eigenvalue weighted by atomic mass is 9.98. The molecule has 0 aliphatic rings. The van der Waals surface area contributed by atoms with Crippen molar-refractivity contribution in [1.82, 2.24) is 0 Å². The van der Waals surface area contributed by atoms with Crippen LogP contribution in [0.5, 0.6) is 0 Å². The van der Waals surface area contributed by atoms with Crippen LogP contribution >= 0.6 is 0 Å². The van der Waals surface area contributed by atoms with Crippen LogP contribution in [0, 0.1) is 5.41 Å². The van der Waals surface area contributed by atoms with Gasteiger partial charge in [0.25, 0.3) is 0 Å². The Bertz CT molecular complexity index is 120. The lowest BCUT2D eigenvalue weighted by Gasteiger charge is -2.08. The fraction of sp³-hybridized carbons (Fsp3) is 0.800. The van der Waals surface area contributed by atoms with E-state index in [0.717, 1.165) is 0 Å². The minimum Gasteiger partial charge on any atom is -0.481 e. The average Bonchev–Trinajstić information content (AvgIpc) is 1.65. The molecule has 2 heteroatoms. The highest BCUT2D eigenvalue weighted by Crippen LogP contribution is 2.11. The van der Waals surface area contributed by atoms with Gasteiger partial charge in [0.05, 0.1) is 5.41 Å². The van der Waals surface area contributed by atoms with E-state index in [4.69, 9.17) is 7.85 Å². The summed E-state index contributed by atoms with van der Waals surface area (Å²) in [6.45, 7) is 1.41. The summed E-state index contributed by atoms with van der Waals surface area (Å²) < 4.78 is 13.6. The summed E-state index contributed by atoms with van der Waals surface area (Å²) in [5.41, 5.74) is -1.25. The van der Waals surface area contributed by atoms with E-state index in [9.17, 15) is 4.79 Å². The van der Waals surface area contributed by atoms with Crippen molar-refractivity contribution >= 4 is 5.97 Å². The number of hydrogen-bond acceptors (Lipinski definition) is 1. The van der Waals surface area contributed by atoms with E-state index < -0.39 is 18.3 Å². The van der Waals surface area contributed by atoms with E-state index in [1.165, 1.54) is 13.8 Å². The van der Waals surface area contributed by atoms with Crippen LogP contribution in [0.1, 0.15) is 23.5 Å². The van der Waals surface area contributed by atoms with Gasteiger partial charge in [0.15, 0.2) is 0 Å². The SMILES string of the molecule is [2H]C([2H])C(C)(C)C(=O)O. The molecule has 42 valence electrons. The van der Waals surface area contributed by atoms with Gasteiger partial charge < -0.3 is 5.11 Å². The molecule has 0 rings (SSSR count). The number of carboxylic acid groups (broad SMARTS) is 1. The molecule has 7 heavy (non-hydrogen) atoms. The Hall–Kier alpha value is -0.530. The maximum Gasteiger partial charge on any atom is 0.308 e. The second-order valence-corrected chi connectivity index (χ2v) is 2.03. The van der Waals surface area contributed by atoms with Crippen molar-refractivity contribution in [2.24, 2.45) is 5.41 Å². The Morgan fingerprint density at radius 1 is 1.86 bits per heavy atom. The summed E-state index contributed by atoms with van der Waals surface area (Å²) in [5, 5.41) is 8.37. The molecule has 0 spiro atoms. The first-order valence-corrected chi connectivity index (χ1v) is 1.97. The molecule has 0 saturated carbocycles. The number of rotatable bonds is 0. The van der Waals surface area contributed by atoms with Crippen LogP contribution in [-0.2, 0) is 4.79 Å². The van der Waals surface area contributed by atoms with Crippen molar-refractivity contribution in [2.45, 2.75) is 20.7 Å². The van der Waals surface area contributed by atoms with E-state index in [0.29, 0.717) is 0 Å². The van der Waals surface area contributed by atoms with Gasteiger partial charge in [-0.15, -0.1) is 0 Å². The van der Waals surface area contributed by atoms with Crippen LogP contribution in [0.4, 0.5) is 0 Å². The van der Waals surface area contributed by atoms with E-state index >= 15 is 0 Å². The second-order valence-electron chi connectivity index (χ2n) is 2.03. The minimum absolute atomic E-state index is 1.10. The molecule has 1 N–H and O–H groups in total. The van der Waals surface area contributed by atoms with Gasteiger partial charge in [-0.2, -0.15) is 0 Å². The van der Waals surface area contributed by atoms with Gasteiger partial charge in [-0.3, -0.25) is 4.79 Å². The summed E-state index contributed by atoms with van der Waals surface area (Å²) in [6.07, 6.45) is 0. The molecule has 0 unspecified atom stereocenters. The van der Waals surface area contributed by atoms with Crippen LogP contribution in [0.15, 0.2) is 0 Å². The largest absolute Gasteiger partial charge is 0.481 e. The third-order valence-corrected chi connectivity index (χ3v) is 0.551. The first-order chi connectivity index (χ1) is 3.89.